The number of ether oxygens (including phenoxy) is 1. The van der Waals surface area contributed by atoms with E-state index < -0.39 is 0 Å². The lowest BCUT2D eigenvalue weighted by atomic mass is 9.92. The molecule has 2 heterocycles. The Kier molecular flexibility index (Phi) is 4.81. The van der Waals surface area contributed by atoms with Crippen molar-refractivity contribution in [3.8, 4) is 11.8 Å². The van der Waals surface area contributed by atoms with Crippen LogP contribution in [0.25, 0.3) is 5.57 Å². The highest BCUT2D eigenvalue weighted by Crippen LogP contribution is 2.43. The highest BCUT2D eigenvalue weighted by atomic mass is 32.2. The van der Waals surface area contributed by atoms with Gasteiger partial charge in [-0.2, -0.15) is 17.0 Å². The molecule has 126 valence electrons. The molecule has 0 saturated carbocycles. The Balaban J connectivity index is 1.58. The van der Waals surface area contributed by atoms with Crippen molar-refractivity contribution >= 4 is 17.3 Å². The predicted octanol–water partition coefficient (Wildman–Crippen LogP) is 5.58. The molecule has 3 heteroatoms. The van der Waals surface area contributed by atoms with Crippen molar-refractivity contribution in [2.24, 2.45) is 0 Å². The summed E-state index contributed by atoms with van der Waals surface area (Å²) in [5.74, 6) is 0.688. The maximum atomic E-state index is 9.40. The summed E-state index contributed by atoms with van der Waals surface area (Å²) in [6.07, 6.45) is 7.53. The lowest BCUT2D eigenvalue weighted by Gasteiger charge is -2.33. The zero-order chi connectivity index (χ0) is 17.1. The highest BCUT2D eigenvalue weighted by molar-refractivity contribution is 8.00. The van der Waals surface area contributed by atoms with Crippen molar-refractivity contribution in [1.82, 2.24) is 0 Å². The first-order valence-electron chi connectivity index (χ1n) is 8.89. The second kappa shape index (κ2) is 7.37. The summed E-state index contributed by atoms with van der Waals surface area (Å²) >= 11 is 2.13. The number of hydrogen-bond acceptors (Lipinski definition) is 3. The van der Waals surface area contributed by atoms with Gasteiger partial charge in [-0.25, -0.2) is 0 Å². The Bertz CT molecular complexity index is 822. The molecule has 2 unspecified atom stereocenters. The van der Waals surface area contributed by atoms with Gasteiger partial charge in [0.1, 0.15) is 18.4 Å². The van der Waals surface area contributed by atoms with Gasteiger partial charge < -0.3 is 4.74 Å². The first kappa shape index (κ1) is 16.3. The summed E-state index contributed by atoms with van der Waals surface area (Å²) in [5.41, 5.74) is 4.34. The summed E-state index contributed by atoms with van der Waals surface area (Å²) < 4.78 is 5.98. The standard InChI is InChI=1S/C22H21NOS/c23-14-18-10-9-17(19-11-20-7-4-8-21(12-19)25-20)13-22(18)24-15-16-5-2-1-3-6-16/h1-3,5-6,9-11,13,20-21H,4,7-8,12,15H2. The number of nitrogens with zero attached hydrogens (tertiary/aromatic N) is 1. The fourth-order valence-corrected chi connectivity index (χ4v) is 5.24. The number of nitriles is 1. The molecule has 4 rings (SSSR count). The van der Waals surface area contributed by atoms with Gasteiger partial charge in [-0.15, -0.1) is 0 Å². The van der Waals surface area contributed by atoms with Crippen molar-refractivity contribution in [3.05, 3.63) is 71.3 Å². The smallest absolute Gasteiger partial charge is 0.138 e. The van der Waals surface area contributed by atoms with E-state index >= 15 is 0 Å². The molecule has 1 saturated heterocycles. The molecule has 0 amide bonds. The molecule has 0 radical (unpaired) electrons. The zero-order valence-electron chi connectivity index (χ0n) is 14.2. The van der Waals surface area contributed by atoms with Crippen molar-refractivity contribution in [2.45, 2.75) is 42.8 Å². The van der Waals surface area contributed by atoms with Crippen LogP contribution in [0, 0.1) is 11.3 Å². The van der Waals surface area contributed by atoms with Crippen molar-refractivity contribution in [1.29, 1.82) is 5.26 Å². The third kappa shape index (κ3) is 3.75. The van der Waals surface area contributed by atoms with Crippen molar-refractivity contribution < 1.29 is 4.74 Å². The first-order chi connectivity index (χ1) is 12.3. The minimum Gasteiger partial charge on any atom is -0.488 e. The molecular weight excluding hydrogens is 326 g/mol. The summed E-state index contributed by atoms with van der Waals surface area (Å²) in [6.45, 7) is 0.485. The van der Waals surface area contributed by atoms with E-state index in [-0.39, 0.29) is 0 Å². The van der Waals surface area contributed by atoms with Crippen LogP contribution in [0.5, 0.6) is 5.75 Å². The summed E-state index contributed by atoms with van der Waals surface area (Å²) in [7, 11) is 0. The minimum absolute atomic E-state index is 0.485. The quantitative estimate of drug-likeness (QED) is 0.724. The molecule has 2 aliphatic heterocycles. The molecule has 2 nitrogen and oxygen atoms in total. The van der Waals surface area contributed by atoms with E-state index in [2.05, 4.69) is 36.0 Å². The zero-order valence-corrected chi connectivity index (χ0v) is 15.0. The maximum absolute atomic E-state index is 9.40. The molecule has 1 fully saturated rings. The summed E-state index contributed by atoms with van der Waals surface area (Å²) in [6, 6.07) is 18.4. The van der Waals surface area contributed by atoms with Crippen LogP contribution in [-0.2, 0) is 6.61 Å². The number of hydrogen-bond donors (Lipinski definition) is 0. The topological polar surface area (TPSA) is 33.0 Å². The van der Waals surface area contributed by atoms with Gasteiger partial charge in [0.05, 0.1) is 5.56 Å². The van der Waals surface area contributed by atoms with Gasteiger partial charge in [0, 0.05) is 10.5 Å². The Hall–Kier alpha value is -2.18. The van der Waals surface area contributed by atoms with Gasteiger partial charge >= 0.3 is 0 Å². The molecule has 0 N–H and O–H groups in total. The van der Waals surface area contributed by atoms with E-state index in [1.807, 2.05) is 36.4 Å². The second-order valence-electron chi connectivity index (χ2n) is 6.72. The van der Waals surface area contributed by atoms with E-state index in [1.165, 1.54) is 30.4 Å². The number of rotatable bonds is 4. The third-order valence-corrected chi connectivity index (χ3v) is 6.44. The van der Waals surface area contributed by atoms with Crippen LogP contribution in [0.15, 0.2) is 54.6 Å². The summed E-state index contributed by atoms with van der Waals surface area (Å²) in [4.78, 5) is 0. The first-order valence-corrected chi connectivity index (χ1v) is 9.83. The van der Waals surface area contributed by atoms with Crippen LogP contribution in [0.3, 0.4) is 0 Å². The number of benzene rings is 2. The third-order valence-electron chi connectivity index (χ3n) is 4.93. The molecule has 0 aliphatic carbocycles. The lowest BCUT2D eigenvalue weighted by molar-refractivity contribution is 0.305. The Morgan fingerprint density at radius 1 is 1.12 bits per heavy atom. The summed E-state index contributed by atoms with van der Waals surface area (Å²) in [5, 5.41) is 10.8. The molecule has 2 bridgehead atoms. The Morgan fingerprint density at radius 2 is 2.00 bits per heavy atom. The van der Waals surface area contributed by atoms with Crippen LogP contribution in [-0.4, -0.2) is 10.5 Å². The number of thioether (sulfide) groups is 1. The Morgan fingerprint density at radius 3 is 2.80 bits per heavy atom. The van der Waals surface area contributed by atoms with Crippen LogP contribution in [0.1, 0.15) is 42.4 Å². The predicted molar refractivity (Wildman–Crippen MR) is 104 cm³/mol. The van der Waals surface area contributed by atoms with Crippen LogP contribution >= 0.6 is 11.8 Å². The number of fused-ring (bicyclic) bond motifs is 2. The highest BCUT2D eigenvalue weighted by Gasteiger charge is 2.27. The monoisotopic (exact) mass is 347 g/mol. The SMILES string of the molecule is N#Cc1ccc(C2=CC3CCCC(C2)S3)cc1OCc1ccccc1. The van der Waals surface area contributed by atoms with E-state index in [0.29, 0.717) is 23.2 Å². The van der Waals surface area contributed by atoms with Gasteiger partial charge in [0.25, 0.3) is 0 Å². The molecule has 0 aromatic heterocycles. The Labute approximate surface area is 153 Å². The van der Waals surface area contributed by atoms with Gasteiger partial charge in [-0.1, -0.05) is 48.9 Å². The number of allylic oxidation sites excluding steroid dienone is 1. The normalized spacial score (nSPS) is 22.0. The van der Waals surface area contributed by atoms with Crippen molar-refractivity contribution in [3.63, 3.8) is 0 Å². The second-order valence-corrected chi connectivity index (χ2v) is 8.26. The van der Waals surface area contributed by atoms with Gasteiger partial charge in [-0.3, -0.25) is 0 Å². The maximum Gasteiger partial charge on any atom is 0.138 e. The van der Waals surface area contributed by atoms with Gasteiger partial charge in [-0.05, 0) is 48.1 Å². The van der Waals surface area contributed by atoms with Crippen molar-refractivity contribution in [2.75, 3.05) is 0 Å². The van der Waals surface area contributed by atoms with E-state index in [4.69, 9.17) is 4.74 Å². The van der Waals surface area contributed by atoms with Crippen LogP contribution in [0.2, 0.25) is 0 Å². The molecule has 2 aromatic rings. The van der Waals surface area contributed by atoms with E-state index in [9.17, 15) is 5.26 Å². The van der Waals surface area contributed by atoms with Gasteiger partial charge in [0.2, 0.25) is 0 Å². The molecule has 2 aromatic carbocycles. The average Bonchev–Trinajstić information content (AvgIpc) is 2.66. The average molecular weight is 347 g/mol. The minimum atomic E-state index is 0.485. The van der Waals surface area contributed by atoms with Crippen LogP contribution in [0.4, 0.5) is 0 Å². The van der Waals surface area contributed by atoms with Crippen LogP contribution < -0.4 is 4.74 Å². The van der Waals surface area contributed by atoms with Gasteiger partial charge in [0.15, 0.2) is 0 Å². The fourth-order valence-electron chi connectivity index (χ4n) is 3.62. The largest absolute Gasteiger partial charge is 0.488 e. The molecule has 2 aliphatic rings. The molecule has 25 heavy (non-hydrogen) atoms. The van der Waals surface area contributed by atoms with E-state index in [0.717, 1.165) is 17.2 Å². The van der Waals surface area contributed by atoms with E-state index in [1.54, 1.807) is 0 Å². The fraction of sp³-hybridized carbons (Fsp3) is 0.318. The molecule has 2 atom stereocenters. The molecule has 0 spiro atoms. The molecular formula is C22H21NOS. The lowest BCUT2D eigenvalue weighted by Crippen LogP contribution is -2.21.